The molecule has 144 valence electrons. The predicted molar refractivity (Wildman–Crippen MR) is 114 cm³/mol. The number of carbonyl (C=O) groups is 1. The number of ketones is 1. The van der Waals surface area contributed by atoms with E-state index in [2.05, 4.69) is 11.0 Å². The van der Waals surface area contributed by atoms with Gasteiger partial charge in [0.25, 0.3) is 0 Å². The van der Waals surface area contributed by atoms with Gasteiger partial charge < -0.3 is 14.0 Å². The molecule has 0 fully saturated rings. The maximum Gasteiger partial charge on any atom is 0.195 e. The highest BCUT2D eigenvalue weighted by molar-refractivity contribution is 6.15. The molecule has 0 aliphatic carbocycles. The van der Waals surface area contributed by atoms with Gasteiger partial charge in [-0.05, 0) is 43.7 Å². The molecule has 0 N–H and O–H groups in total. The van der Waals surface area contributed by atoms with Crippen molar-refractivity contribution in [3.63, 3.8) is 0 Å². The molecule has 0 unspecified atom stereocenters. The molecule has 2 heterocycles. The van der Waals surface area contributed by atoms with Crippen molar-refractivity contribution in [3.8, 4) is 11.8 Å². The van der Waals surface area contributed by atoms with Crippen molar-refractivity contribution in [3.05, 3.63) is 83.6 Å². The molecule has 0 atom stereocenters. The van der Waals surface area contributed by atoms with Crippen molar-refractivity contribution in [1.29, 1.82) is 5.26 Å². The maximum absolute atomic E-state index is 13.2. The molecule has 0 aliphatic rings. The Balaban J connectivity index is 1.86. The molecule has 0 amide bonds. The number of pyridine rings is 1. The van der Waals surface area contributed by atoms with Crippen LogP contribution in [0.2, 0.25) is 0 Å². The number of nitrogens with zero attached hydrogens (tertiary/aromatic N) is 3. The molecular weight excluding hydrogens is 362 g/mol. The second-order valence-corrected chi connectivity index (χ2v) is 7.19. The van der Waals surface area contributed by atoms with Gasteiger partial charge in [-0.3, -0.25) is 4.79 Å². The van der Waals surface area contributed by atoms with E-state index in [0.717, 1.165) is 23.2 Å². The zero-order chi connectivity index (χ0) is 20.4. The van der Waals surface area contributed by atoms with E-state index in [1.165, 1.54) is 0 Å². The minimum Gasteiger partial charge on any atom is -0.492 e. The number of ether oxygens (including phenoxy) is 1. The van der Waals surface area contributed by atoms with Gasteiger partial charge in [-0.2, -0.15) is 5.26 Å². The molecule has 0 bridgehead atoms. The van der Waals surface area contributed by atoms with E-state index >= 15 is 0 Å². The summed E-state index contributed by atoms with van der Waals surface area (Å²) in [6.45, 7) is 1.40. The maximum atomic E-state index is 13.2. The summed E-state index contributed by atoms with van der Waals surface area (Å²) in [5, 5.41) is 10.5. The summed E-state index contributed by atoms with van der Waals surface area (Å²) in [5.41, 5.74) is 3.12. The molecule has 0 spiro atoms. The number of hydrogen-bond acceptors (Lipinski definition) is 4. The Morgan fingerprint density at radius 1 is 1.10 bits per heavy atom. The van der Waals surface area contributed by atoms with Crippen LogP contribution in [-0.4, -0.2) is 42.3 Å². The second kappa shape index (κ2) is 7.78. The summed E-state index contributed by atoms with van der Waals surface area (Å²) >= 11 is 0. The lowest BCUT2D eigenvalue weighted by Gasteiger charge is -2.13. The smallest absolute Gasteiger partial charge is 0.195 e. The lowest BCUT2D eigenvalue weighted by atomic mass is 10.00. The summed E-state index contributed by atoms with van der Waals surface area (Å²) in [6, 6.07) is 20.8. The van der Waals surface area contributed by atoms with Gasteiger partial charge in [-0.1, -0.05) is 30.3 Å². The van der Waals surface area contributed by atoms with Crippen LogP contribution in [0.5, 0.6) is 5.75 Å². The normalized spacial score (nSPS) is 11.1. The highest BCUT2D eigenvalue weighted by Crippen LogP contribution is 2.29. The lowest BCUT2D eigenvalue weighted by Crippen LogP contribution is -2.19. The number of fused-ring (bicyclic) bond motifs is 3. The Labute approximate surface area is 169 Å². The summed E-state index contributed by atoms with van der Waals surface area (Å²) in [4.78, 5) is 15.3. The summed E-state index contributed by atoms with van der Waals surface area (Å²) in [5.74, 6) is 0.661. The predicted octanol–water partition coefficient (Wildman–Crippen LogP) is 4.14. The molecule has 5 heteroatoms. The number of aromatic nitrogens is 1. The molecule has 0 saturated carbocycles. The van der Waals surface area contributed by atoms with E-state index in [1.54, 1.807) is 18.2 Å². The van der Waals surface area contributed by atoms with Crippen molar-refractivity contribution in [2.75, 3.05) is 27.2 Å². The quantitative estimate of drug-likeness (QED) is 0.470. The van der Waals surface area contributed by atoms with Gasteiger partial charge in [0.2, 0.25) is 0 Å². The highest BCUT2D eigenvalue weighted by Gasteiger charge is 2.18. The molecule has 2 aromatic carbocycles. The van der Waals surface area contributed by atoms with E-state index in [4.69, 9.17) is 4.74 Å². The third-order valence-electron chi connectivity index (χ3n) is 4.91. The van der Waals surface area contributed by atoms with Crippen molar-refractivity contribution < 1.29 is 9.53 Å². The Kier molecular flexibility index (Phi) is 5.03. The van der Waals surface area contributed by atoms with E-state index in [-0.39, 0.29) is 5.78 Å². The molecule has 5 nitrogen and oxygen atoms in total. The van der Waals surface area contributed by atoms with Crippen LogP contribution in [0.1, 0.15) is 21.5 Å². The van der Waals surface area contributed by atoms with E-state index in [1.807, 2.05) is 67.2 Å². The topological polar surface area (TPSA) is 57.7 Å². The Morgan fingerprint density at radius 3 is 2.62 bits per heavy atom. The number of nitriles is 1. The number of hydrogen-bond donors (Lipinski definition) is 0. The van der Waals surface area contributed by atoms with Crippen LogP contribution in [0.3, 0.4) is 0 Å². The van der Waals surface area contributed by atoms with Crippen LogP contribution < -0.4 is 4.74 Å². The summed E-state index contributed by atoms with van der Waals surface area (Å²) < 4.78 is 7.77. The molecule has 29 heavy (non-hydrogen) atoms. The van der Waals surface area contributed by atoms with Crippen molar-refractivity contribution in [1.82, 2.24) is 9.30 Å². The molecule has 0 aliphatic heterocycles. The molecule has 4 aromatic rings. The molecule has 2 aromatic heterocycles. The molecule has 4 rings (SSSR count). The standard InChI is InChI=1S/C24H21N3O2/c1-26(2)12-13-29-20-9-8-18-14-21(24(28)17-6-4-3-5-7-17)23-19(16-25)10-11-27(23)22(18)15-20/h3-11,14-15H,12-13H2,1-2H3. The molecular formula is C24H21N3O2. The average molecular weight is 383 g/mol. The average Bonchev–Trinajstić information content (AvgIpc) is 3.17. The fourth-order valence-corrected chi connectivity index (χ4v) is 3.43. The Bertz CT molecular complexity index is 1230. The number of likely N-dealkylation sites (N-methyl/N-ethyl adjacent to an activating group) is 1. The third kappa shape index (κ3) is 3.58. The number of benzene rings is 2. The third-order valence-corrected chi connectivity index (χ3v) is 4.91. The van der Waals surface area contributed by atoms with Gasteiger partial charge >= 0.3 is 0 Å². The largest absolute Gasteiger partial charge is 0.492 e. The number of carbonyl (C=O) groups excluding carboxylic acids is 1. The van der Waals surface area contributed by atoms with Gasteiger partial charge in [-0.25, -0.2) is 0 Å². The lowest BCUT2D eigenvalue weighted by molar-refractivity contribution is 0.104. The fraction of sp³-hybridized carbons (Fsp3) is 0.167. The van der Waals surface area contributed by atoms with Gasteiger partial charge in [0.1, 0.15) is 18.4 Å². The first-order valence-electron chi connectivity index (χ1n) is 9.43. The van der Waals surface area contributed by atoms with Crippen molar-refractivity contribution in [2.45, 2.75) is 0 Å². The zero-order valence-corrected chi connectivity index (χ0v) is 16.4. The van der Waals surface area contributed by atoms with Crippen LogP contribution in [0, 0.1) is 11.3 Å². The first-order valence-corrected chi connectivity index (χ1v) is 9.43. The van der Waals surface area contributed by atoms with Crippen LogP contribution in [-0.2, 0) is 0 Å². The SMILES string of the molecule is CN(C)CCOc1ccc2cc(C(=O)c3ccccc3)c3c(C#N)ccn3c2c1. The summed E-state index contributed by atoms with van der Waals surface area (Å²) in [7, 11) is 4.00. The number of rotatable bonds is 6. The minimum atomic E-state index is -0.0981. The summed E-state index contributed by atoms with van der Waals surface area (Å²) in [6.07, 6.45) is 1.83. The van der Waals surface area contributed by atoms with Crippen molar-refractivity contribution >= 4 is 22.2 Å². The molecule has 0 saturated heterocycles. The Hall–Kier alpha value is -3.62. The Morgan fingerprint density at radius 2 is 1.90 bits per heavy atom. The van der Waals surface area contributed by atoms with Gasteiger partial charge in [0, 0.05) is 29.9 Å². The van der Waals surface area contributed by atoms with Gasteiger partial charge in [0.15, 0.2) is 5.78 Å². The van der Waals surface area contributed by atoms with Crippen molar-refractivity contribution in [2.24, 2.45) is 0 Å². The van der Waals surface area contributed by atoms with Crippen LogP contribution in [0.25, 0.3) is 16.4 Å². The van der Waals surface area contributed by atoms with Gasteiger partial charge in [-0.15, -0.1) is 0 Å². The molecule has 0 radical (unpaired) electrons. The van der Waals surface area contributed by atoms with Crippen LogP contribution in [0.4, 0.5) is 0 Å². The second-order valence-electron chi connectivity index (χ2n) is 7.19. The van der Waals surface area contributed by atoms with E-state index < -0.39 is 0 Å². The van der Waals surface area contributed by atoms with Gasteiger partial charge in [0.05, 0.1) is 16.6 Å². The van der Waals surface area contributed by atoms with Crippen LogP contribution >= 0.6 is 0 Å². The van der Waals surface area contributed by atoms with E-state index in [0.29, 0.717) is 28.8 Å². The first kappa shape index (κ1) is 18.7. The zero-order valence-electron chi connectivity index (χ0n) is 16.4. The fourth-order valence-electron chi connectivity index (χ4n) is 3.43. The van der Waals surface area contributed by atoms with E-state index in [9.17, 15) is 10.1 Å². The van der Waals surface area contributed by atoms with Crippen LogP contribution in [0.15, 0.2) is 66.9 Å². The highest BCUT2D eigenvalue weighted by atomic mass is 16.5. The first-order chi connectivity index (χ1) is 14.1. The monoisotopic (exact) mass is 383 g/mol. The minimum absolute atomic E-state index is 0.0981.